The lowest BCUT2D eigenvalue weighted by Gasteiger charge is -2.13. The van der Waals surface area contributed by atoms with Gasteiger partial charge in [-0.1, -0.05) is 6.07 Å². The van der Waals surface area contributed by atoms with Gasteiger partial charge in [0.05, 0.1) is 11.5 Å². The highest BCUT2D eigenvalue weighted by atomic mass is 32.2. The van der Waals surface area contributed by atoms with Gasteiger partial charge in [0.2, 0.25) is 15.9 Å². The quantitative estimate of drug-likeness (QED) is 0.702. The van der Waals surface area contributed by atoms with Crippen molar-refractivity contribution in [1.82, 2.24) is 14.9 Å². The molecule has 2 N–H and O–H groups in total. The van der Waals surface area contributed by atoms with Crippen LogP contribution in [0.4, 0.5) is 0 Å². The Morgan fingerprint density at radius 1 is 1.32 bits per heavy atom. The standard InChI is InChI=1S/C16H23N3O5S/c1-19(2)15(20)6-8-17-16(21)12-4-3-5-14(10-12)25(22,23)18-13-7-9-24-11-13/h3-5,10,13,18H,6-9,11H2,1-2H3,(H,17,21). The zero-order valence-corrected chi connectivity index (χ0v) is 15.1. The summed E-state index contributed by atoms with van der Waals surface area (Å²) in [5, 5.41) is 2.61. The number of rotatable bonds is 7. The van der Waals surface area contributed by atoms with Gasteiger partial charge in [0.1, 0.15) is 0 Å². The Kier molecular flexibility index (Phi) is 6.51. The van der Waals surface area contributed by atoms with E-state index in [-0.39, 0.29) is 35.4 Å². The van der Waals surface area contributed by atoms with Crippen molar-refractivity contribution in [1.29, 1.82) is 0 Å². The molecule has 1 heterocycles. The molecule has 0 bridgehead atoms. The molecular weight excluding hydrogens is 346 g/mol. The van der Waals surface area contributed by atoms with Crippen LogP contribution in [0, 0.1) is 0 Å². The molecule has 1 atom stereocenters. The van der Waals surface area contributed by atoms with E-state index < -0.39 is 15.9 Å². The lowest BCUT2D eigenvalue weighted by atomic mass is 10.2. The molecule has 0 spiro atoms. The first-order chi connectivity index (χ1) is 11.8. The second kappa shape index (κ2) is 8.41. The van der Waals surface area contributed by atoms with Crippen LogP contribution in [-0.4, -0.2) is 65.0 Å². The van der Waals surface area contributed by atoms with Crippen LogP contribution in [0.15, 0.2) is 29.2 Å². The molecule has 1 aromatic carbocycles. The van der Waals surface area contributed by atoms with E-state index in [2.05, 4.69) is 10.0 Å². The average Bonchev–Trinajstić information content (AvgIpc) is 3.06. The van der Waals surface area contributed by atoms with Gasteiger partial charge in [-0.2, -0.15) is 0 Å². The number of ether oxygens (including phenoxy) is 1. The predicted octanol–water partition coefficient (Wildman–Crippen LogP) is -0.0381. The van der Waals surface area contributed by atoms with E-state index in [4.69, 9.17) is 4.74 Å². The van der Waals surface area contributed by atoms with E-state index in [0.717, 1.165) is 0 Å². The van der Waals surface area contributed by atoms with Crippen LogP contribution in [0.5, 0.6) is 0 Å². The summed E-state index contributed by atoms with van der Waals surface area (Å²) in [6, 6.07) is 5.55. The van der Waals surface area contributed by atoms with E-state index in [9.17, 15) is 18.0 Å². The second-order valence-corrected chi connectivity index (χ2v) is 7.72. The minimum absolute atomic E-state index is 0.0245. The van der Waals surface area contributed by atoms with Gasteiger partial charge in [0, 0.05) is 45.3 Å². The summed E-state index contributed by atoms with van der Waals surface area (Å²) < 4.78 is 32.5. The number of hydrogen-bond acceptors (Lipinski definition) is 5. The van der Waals surface area contributed by atoms with Gasteiger partial charge >= 0.3 is 0 Å². The number of amides is 2. The van der Waals surface area contributed by atoms with Gasteiger partial charge in [0.25, 0.3) is 5.91 Å². The van der Waals surface area contributed by atoms with Crippen molar-refractivity contribution in [3.8, 4) is 0 Å². The van der Waals surface area contributed by atoms with E-state index in [0.29, 0.717) is 19.6 Å². The molecule has 1 fully saturated rings. The van der Waals surface area contributed by atoms with Crippen LogP contribution >= 0.6 is 0 Å². The SMILES string of the molecule is CN(C)C(=O)CCNC(=O)c1cccc(S(=O)(=O)NC2CCOC2)c1. The number of carbonyl (C=O) groups excluding carboxylic acids is 2. The highest BCUT2D eigenvalue weighted by Crippen LogP contribution is 2.14. The summed E-state index contributed by atoms with van der Waals surface area (Å²) in [6.07, 6.45) is 0.805. The molecule has 9 heteroatoms. The lowest BCUT2D eigenvalue weighted by molar-refractivity contribution is -0.128. The topological polar surface area (TPSA) is 105 Å². The molecule has 1 aromatic rings. The smallest absolute Gasteiger partial charge is 0.251 e. The summed E-state index contributed by atoms with van der Waals surface area (Å²) in [7, 11) is -0.436. The normalized spacial score (nSPS) is 17.3. The molecule has 8 nitrogen and oxygen atoms in total. The third-order valence-corrected chi connectivity index (χ3v) is 5.30. The van der Waals surface area contributed by atoms with Crippen LogP contribution in [-0.2, 0) is 19.6 Å². The lowest BCUT2D eigenvalue weighted by Crippen LogP contribution is -2.35. The molecule has 2 rings (SSSR count). The van der Waals surface area contributed by atoms with E-state index in [1.54, 1.807) is 14.1 Å². The molecule has 0 saturated carbocycles. The van der Waals surface area contributed by atoms with Crippen molar-refractivity contribution >= 4 is 21.8 Å². The van der Waals surface area contributed by atoms with Crippen molar-refractivity contribution in [3.63, 3.8) is 0 Å². The fraction of sp³-hybridized carbons (Fsp3) is 0.500. The number of nitrogens with zero attached hydrogens (tertiary/aromatic N) is 1. The third kappa shape index (κ3) is 5.52. The fourth-order valence-corrected chi connectivity index (χ4v) is 3.63. The largest absolute Gasteiger partial charge is 0.380 e. The van der Waals surface area contributed by atoms with E-state index >= 15 is 0 Å². The summed E-state index contributed by atoms with van der Waals surface area (Å²) >= 11 is 0. The minimum Gasteiger partial charge on any atom is -0.380 e. The van der Waals surface area contributed by atoms with Crippen LogP contribution in [0.25, 0.3) is 0 Å². The molecule has 0 aromatic heterocycles. The first-order valence-electron chi connectivity index (χ1n) is 7.98. The van der Waals surface area contributed by atoms with Crippen LogP contribution in [0.1, 0.15) is 23.2 Å². The minimum atomic E-state index is -3.72. The molecular formula is C16H23N3O5S. The van der Waals surface area contributed by atoms with Gasteiger partial charge in [-0.25, -0.2) is 13.1 Å². The molecule has 1 unspecified atom stereocenters. The van der Waals surface area contributed by atoms with Gasteiger partial charge in [0.15, 0.2) is 0 Å². The molecule has 1 aliphatic heterocycles. The highest BCUT2D eigenvalue weighted by molar-refractivity contribution is 7.89. The average molecular weight is 369 g/mol. The molecule has 138 valence electrons. The first kappa shape index (κ1) is 19.4. The van der Waals surface area contributed by atoms with Crippen molar-refractivity contribution in [2.45, 2.75) is 23.8 Å². The van der Waals surface area contributed by atoms with E-state index in [1.165, 1.54) is 29.2 Å². The molecule has 25 heavy (non-hydrogen) atoms. The predicted molar refractivity (Wildman–Crippen MR) is 91.6 cm³/mol. The second-order valence-electron chi connectivity index (χ2n) is 6.00. The zero-order chi connectivity index (χ0) is 18.4. The molecule has 0 radical (unpaired) electrons. The number of sulfonamides is 1. The number of nitrogens with one attached hydrogen (secondary N) is 2. The maximum absolute atomic E-state index is 12.4. The summed E-state index contributed by atoms with van der Waals surface area (Å²) in [5.74, 6) is -0.521. The Morgan fingerprint density at radius 2 is 2.08 bits per heavy atom. The van der Waals surface area contributed by atoms with Crippen molar-refractivity contribution in [3.05, 3.63) is 29.8 Å². The van der Waals surface area contributed by atoms with Gasteiger partial charge in [-0.15, -0.1) is 0 Å². The van der Waals surface area contributed by atoms with Crippen LogP contribution in [0.3, 0.4) is 0 Å². The van der Waals surface area contributed by atoms with Crippen molar-refractivity contribution in [2.75, 3.05) is 33.9 Å². The molecule has 2 amide bonds. The molecule has 1 saturated heterocycles. The third-order valence-electron chi connectivity index (χ3n) is 3.78. The Labute approximate surface area is 147 Å². The Balaban J connectivity index is 1.99. The Hall–Kier alpha value is -1.97. The summed E-state index contributed by atoms with van der Waals surface area (Å²) in [5.41, 5.74) is 0.225. The highest BCUT2D eigenvalue weighted by Gasteiger charge is 2.24. The Morgan fingerprint density at radius 3 is 2.72 bits per heavy atom. The number of hydrogen-bond donors (Lipinski definition) is 2. The monoisotopic (exact) mass is 369 g/mol. The zero-order valence-electron chi connectivity index (χ0n) is 14.3. The summed E-state index contributed by atoms with van der Waals surface area (Å²) in [4.78, 5) is 25.1. The van der Waals surface area contributed by atoms with Gasteiger partial charge < -0.3 is 15.0 Å². The molecule has 0 aliphatic carbocycles. The van der Waals surface area contributed by atoms with Gasteiger partial charge in [-0.3, -0.25) is 9.59 Å². The van der Waals surface area contributed by atoms with Crippen LogP contribution in [0.2, 0.25) is 0 Å². The maximum atomic E-state index is 12.4. The molecule has 1 aliphatic rings. The maximum Gasteiger partial charge on any atom is 0.251 e. The Bertz CT molecular complexity index is 727. The van der Waals surface area contributed by atoms with E-state index in [1.807, 2.05) is 0 Å². The van der Waals surface area contributed by atoms with Crippen LogP contribution < -0.4 is 10.0 Å². The first-order valence-corrected chi connectivity index (χ1v) is 9.46. The van der Waals surface area contributed by atoms with Crippen molar-refractivity contribution in [2.24, 2.45) is 0 Å². The summed E-state index contributed by atoms with van der Waals surface area (Å²) in [6.45, 7) is 1.06. The van der Waals surface area contributed by atoms with Gasteiger partial charge in [-0.05, 0) is 24.6 Å². The van der Waals surface area contributed by atoms with Crippen molar-refractivity contribution < 1.29 is 22.7 Å². The fourth-order valence-electron chi connectivity index (χ4n) is 2.33. The number of carbonyl (C=O) groups is 2. The number of benzene rings is 1.